The molecule has 0 aliphatic carbocycles. The lowest BCUT2D eigenvalue weighted by atomic mass is 9.90. The number of carbonyl (C=O) groups excluding carboxylic acids is 1. The molecular weight excluding hydrogens is 257 g/mol. The van der Waals surface area contributed by atoms with Crippen molar-refractivity contribution in [3.05, 3.63) is 29.0 Å². The summed E-state index contributed by atoms with van der Waals surface area (Å²) >= 11 is 5.65. The number of nitrogens with zero attached hydrogens (tertiary/aromatic N) is 1. The van der Waals surface area contributed by atoms with Gasteiger partial charge in [0.2, 0.25) is 0 Å². The number of benzene rings is 1. The van der Waals surface area contributed by atoms with E-state index in [0.717, 1.165) is 5.69 Å². The Labute approximate surface area is 110 Å². The van der Waals surface area contributed by atoms with Gasteiger partial charge in [-0.1, -0.05) is 11.6 Å². The molecule has 0 spiro atoms. The zero-order valence-electron chi connectivity index (χ0n) is 10.4. The minimum Gasteiger partial charge on any atom is -0.469 e. The summed E-state index contributed by atoms with van der Waals surface area (Å²) in [6, 6.07) is 4.68. The first kappa shape index (κ1) is 13.1. The molecule has 0 amide bonds. The minimum atomic E-state index is -0.523. The average Bonchev–Trinajstić information content (AvgIpc) is 2.76. The van der Waals surface area contributed by atoms with E-state index in [0.29, 0.717) is 19.5 Å². The van der Waals surface area contributed by atoms with Crippen molar-refractivity contribution in [2.24, 2.45) is 5.41 Å². The number of hydrogen-bond acceptors (Lipinski definition) is 3. The molecule has 0 saturated carbocycles. The first-order valence-electron chi connectivity index (χ1n) is 5.75. The van der Waals surface area contributed by atoms with Gasteiger partial charge in [0.15, 0.2) is 0 Å². The summed E-state index contributed by atoms with van der Waals surface area (Å²) < 4.78 is 18.2. The van der Waals surface area contributed by atoms with E-state index in [1.54, 1.807) is 6.07 Å². The summed E-state index contributed by atoms with van der Waals surface area (Å²) in [5.41, 5.74) is 0.217. The molecule has 0 bridgehead atoms. The van der Waals surface area contributed by atoms with Gasteiger partial charge < -0.3 is 9.64 Å². The van der Waals surface area contributed by atoms with Crippen molar-refractivity contribution >= 4 is 23.3 Å². The number of methoxy groups -OCH3 is 1. The standard InChI is InChI=1S/C13H15ClFNO2/c1-13(12(17)18-2)5-6-16(8-13)9-3-4-10(14)11(15)7-9/h3-4,7H,5-6,8H2,1-2H3. The summed E-state index contributed by atoms with van der Waals surface area (Å²) in [5.74, 6) is -0.666. The molecule has 2 rings (SSSR count). The maximum absolute atomic E-state index is 13.4. The van der Waals surface area contributed by atoms with E-state index in [-0.39, 0.29) is 11.0 Å². The van der Waals surface area contributed by atoms with Gasteiger partial charge in [-0.15, -0.1) is 0 Å². The predicted molar refractivity (Wildman–Crippen MR) is 68.4 cm³/mol. The second-order valence-corrected chi connectivity index (χ2v) is 5.23. The van der Waals surface area contributed by atoms with Crippen molar-refractivity contribution in [2.75, 3.05) is 25.1 Å². The van der Waals surface area contributed by atoms with Crippen molar-refractivity contribution in [2.45, 2.75) is 13.3 Å². The Morgan fingerprint density at radius 1 is 1.56 bits per heavy atom. The first-order chi connectivity index (χ1) is 8.46. The summed E-state index contributed by atoms with van der Waals surface area (Å²) in [6.07, 6.45) is 0.698. The zero-order chi connectivity index (χ0) is 13.3. The fourth-order valence-electron chi connectivity index (χ4n) is 2.28. The lowest BCUT2D eigenvalue weighted by Crippen LogP contribution is -2.32. The monoisotopic (exact) mass is 271 g/mol. The Balaban J connectivity index is 2.18. The molecule has 3 nitrogen and oxygen atoms in total. The molecule has 0 aromatic heterocycles. The Bertz CT molecular complexity index is 480. The number of carbonyl (C=O) groups is 1. The highest BCUT2D eigenvalue weighted by molar-refractivity contribution is 6.30. The molecule has 1 fully saturated rings. The van der Waals surface area contributed by atoms with Gasteiger partial charge in [0.25, 0.3) is 0 Å². The second-order valence-electron chi connectivity index (χ2n) is 4.82. The molecule has 1 atom stereocenters. The third kappa shape index (κ3) is 2.29. The van der Waals surface area contributed by atoms with Crippen LogP contribution < -0.4 is 4.90 Å². The van der Waals surface area contributed by atoms with Crippen molar-refractivity contribution in [3.63, 3.8) is 0 Å². The summed E-state index contributed by atoms with van der Waals surface area (Å²) in [7, 11) is 1.39. The van der Waals surface area contributed by atoms with E-state index in [1.807, 2.05) is 11.8 Å². The van der Waals surface area contributed by atoms with Gasteiger partial charge in [-0.2, -0.15) is 0 Å². The van der Waals surface area contributed by atoms with Crippen LogP contribution in [-0.4, -0.2) is 26.2 Å². The van der Waals surface area contributed by atoms with E-state index in [2.05, 4.69) is 0 Å². The van der Waals surface area contributed by atoms with E-state index >= 15 is 0 Å². The third-order valence-electron chi connectivity index (χ3n) is 3.42. The number of anilines is 1. The Hall–Kier alpha value is -1.29. The number of halogens is 2. The number of hydrogen-bond donors (Lipinski definition) is 0. The molecule has 1 saturated heterocycles. The maximum atomic E-state index is 13.4. The normalized spacial score (nSPS) is 23.2. The van der Waals surface area contributed by atoms with Crippen molar-refractivity contribution < 1.29 is 13.9 Å². The van der Waals surface area contributed by atoms with Crippen LogP contribution in [0, 0.1) is 11.2 Å². The summed E-state index contributed by atoms with van der Waals surface area (Å²) in [4.78, 5) is 13.7. The molecule has 1 aliphatic rings. The van der Waals surface area contributed by atoms with Gasteiger partial charge in [-0.05, 0) is 31.5 Å². The van der Waals surface area contributed by atoms with Crippen LogP contribution in [0.1, 0.15) is 13.3 Å². The van der Waals surface area contributed by atoms with Gasteiger partial charge in [0.05, 0.1) is 17.5 Å². The van der Waals surface area contributed by atoms with Gasteiger partial charge in [0, 0.05) is 18.8 Å². The van der Waals surface area contributed by atoms with Gasteiger partial charge in [-0.3, -0.25) is 4.79 Å². The molecule has 5 heteroatoms. The van der Waals surface area contributed by atoms with Crippen LogP contribution in [0.3, 0.4) is 0 Å². The summed E-state index contributed by atoms with van der Waals surface area (Å²) in [5, 5.41) is 0.105. The van der Waals surface area contributed by atoms with Crippen LogP contribution in [-0.2, 0) is 9.53 Å². The molecule has 1 aromatic carbocycles. The molecule has 98 valence electrons. The third-order valence-corrected chi connectivity index (χ3v) is 3.73. The fourth-order valence-corrected chi connectivity index (χ4v) is 2.39. The highest BCUT2D eigenvalue weighted by atomic mass is 35.5. The van der Waals surface area contributed by atoms with E-state index < -0.39 is 11.2 Å². The molecule has 1 unspecified atom stereocenters. The molecule has 0 N–H and O–H groups in total. The minimum absolute atomic E-state index is 0.105. The maximum Gasteiger partial charge on any atom is 0.313 e. The Kier molecular flexibility index (Phi) is 3.48. The zero-order valence-corrected chi connectivity index (χ0v) is 11.1. The van der Waals surface area contributed by atoms with Crippen LogP contribution in [0.25, 0.3) is 0 Å². The first-order valence-corrected chi connectivity index (χ1v) is 6.12. The fraction of sp³-hybridized carbons (Fsp3) is 0.462. The van der Waals surface area contributed by atoms with Crippen LogP contribution in [0.4, 0.5) is 10.1 Å². The lowest BCUT2D eigenvalue weighted by molar-refractivity contribution is -0.150. The predicted octanol–water partition coefficient (Wildman–Crippen LogP) is 2.87. The molecule has 1 heterocycles. The smallest absolute Gasteiger partial charge is 0.313 e. The molecule has 18 heavy (non-hydrogen) atoms. The topological polar surface area (TPSA) is 29.5 Å². The van der Waals surface area contributed by atoms with Crippen LogP contribution >= 0.6 is 11.6 Å². The van der Waals surface area contributed by atoms with E-state index in [9.17, 15) is 9.18 Å². The number of rotatable bonds is 2. The van der Waals surface area contributed by atoms with Crippen molar-refractivity contribution in [1.29, 1.82) is 0 Å². The van der Waals surface area contributed by atoms with Crippen LogP contribution in [0.5, 0.6) is 0 Å². The number of ether oxygens (including phenoxy) is 1. The quantitative estimate of drug-likeness (QED) is 0.775. The van der Waals surface area contributed by atoms with Crippen molar-refractivity contribution in [1.82, 2.24) is 0 Å². The van der Waals surface area contributed by atoms with Gasteiger partial charge in [-0.25, -0.2) is 4.39 Å². The van der Waals surface area contributed by atoms with Crippen LogP contribution in [0.15, 0.2) is 18.2 Å². The van der Waals surface area contributed by atoms with E-state index in [4.69, 9.17) is 16.3 Å². The molecule has 1 aromatic rings. The number of esters is 1. The van der Waals surface area contributed by atoms with E-state index in [1.165, 1.54) is 19.2 Å². The molecule has 0 radical (unpaired) electrons. The Morgan fingerprint density at radius 2 is 2.28 bits per heavy atom. The second kappa shape index (κ2) is 4.76. The highest BCUT2D eigenvalue weighted by Crippen LogP contribution is 2.35. The highest BCUT2D eigenvalue weighted by Gasteiger charge is 2.41. The van der Waals surface area contributed by atoms with Gasteiger partial charge >= 0.3 is 5.97 Å². The summed E-state index contributed by atoms with van der Waals surface area (Å²) in [6.45, 7) is 3.10. The SMILES string of the molecule is COC(=O)C1(C)CCN(c2ccc(Cl)c(F)c2)C1. The average molecular weight is 272 g/mol. The van der Waals surface area contributed by atoms with Gasteiger partial charge in [0.1, 0.15) is 5.82 Å². The molecule has 1 aliphatic heterocycles. The van der Waals surface area contributed by atoms with Crippen LogP contribution in [0.2, 0.25) is 5.02 Å². The molecular formula is C13H15ClFNO2. The van der Waals surface area contributed by atoms with Crippen molar-refractivity contribution in [3.8, 4) is 0 Å². The Morgan fingerprint density at radius 3 is 2.89 bits per heavy atom. The largest absolute Gasteiger partial charge is 0.469 e. The lowest BCUT2D eigenvalue weighted by Gasteiger charge is -2.23.